The molecule has 3 aromatic rings. The summed E-state index contributed by atoms with van der Waals surface area (Å²) in [6, 6.07) is 11.2. The number of ether oxygens (including phenoxy) is 1. The molecular formula is C23H25NO4S. The number of para-hydroxylation sites is 1. The van der Waals surface area contributed by atoms with E-state index >= 15 is 0 Å². The highest BCUT2D eigenvalue weighted by molar-refractivity contribution is 7.99. The van der Waals surface area contributed by atoms with Crippen LogP contribution >= 0.6 is 11.8 Å². The number of carbonyl (C=O) groups excluding carboxylic acids is 1. The maximum Gasteiger partial charge on any atom is 0.339 e. The number of benzene rings is 2. The van der Waals surface area contributed by atoms with E-state index in [-0.39, 0.29) is 11.4 Å². The number of anilines is 1. The first kappa shape index (κ1) is 21.0. The van der Waals surface area contributed by atoms with Crippen LogP contribution in [0.4, 0.5) is 5.69 Å². The number of hydrogen-bond acceptors (Lipinski definition) is 6. The topological polar surface area (TPSA) is 68.5 Å². The Labute approximate surface area is 174 Å². The molecule has 3 rings (SSSR count). The quantitative estimate of drug-likeness (QED) is 0.438. The lowest BCUT2D eigenvalue weighted by molar-refractivity contribution is 0.0602. The Morgan fingerprint density at radius 1 is 1.21 bits per heavy atom. The molecule has 0 saturated carbocycles. The van der Waals surface area contributed by atoms with E-state index in [1.54, 1.807) is 12.1 Å². The molecule has 0 bridgehead atoms. The van der Waals surface area contributed by atoms with Gasteiger partial charge in [-0.2, -0.15) is 0 Å². The van der Waals surface area contributed by atoms with Gasteiger partial charge in [-0.1, -0.05) is 36.9 Å². The zero-order chi connectivity index (χ0) is 21.0. The summed E-state index contributed by atoms with van der Waals surface area (Å²) in [5, 5.41) is 4.60. The zero-order valence-electron chi connectivity index (χ0n) is 17.1. The molecule has 0 radical (unpaired) electrons. The highest BCUT2D eigenvalue weighted by atomic mass is 32.2. The Bertz CT molecular complexity index is 1100. The summed E-state index contributed by atoms with van der Waals surface area (Å²) in [6.45, 7) is 6.41. The number of nitrogens with one attached hydrogen (secondary N) is 1. The van der Waals surface area contributed by atoms with Gasteiger partial charge in [0.25, 0.3) is 0 Å². The van der Waals surface area contributed by atoms with Crippen LogP contribution in [0.1, 0.15) is 34.0 Å². The standard InChI is InChI=1S/C23H25NO4S/c1-5-29-23-15(3)20(25)18-13-14(2)12-16(21(18)28-23)10-11-24-19-9-7-6-8-17(19)22(26)27-4/h6-9,12-13,24H,5,10-11H2,1-4H3. The van der Waals surface area contributed by atoms with Crippen molar-refractivity contribution in [3.05, 3.63) is 68.9 Å². The number of rotatable bonds is 7. The molecule has 0 atom stereocenters. The summed E-state index contributed by atoms with van der Waals surface area (Å²) in [5.74, 6) is 0.458. The van der Waals surface area contributed by atoms with Crippen LogP contribution in [0.5, 0.6) is 0 Å². The molecule has 29 heavy (non-hydrogen) atoms. The van der Waals surface area contributed by atoms with Crippen molar-refractivity contribution in [1.29, 1.82) is 0 Å². The SMILES string of the molecule is CCSc1oc2c(CCNc3ccccc3C(=O)OC)cc(C)cc2c(=O)c1C. The van der Waals surface area contributed by atoms with Gasteiger partial charge in [-0.15, -0.1) is 0 Å². The zero-order valence-corrected chi connectivity index (χ0v) is 17.9. The number of esters is 1. The lowest BCUT2D eigenvalue weighted by Crippen LogP contribution is -2.12. The fraction of sp³-hybridized carbons (Fsp3) is 0.304. The Morgan fingerprint density at radius 2 is 1.97 bits per heavy atom. The van der Waals surface area contributed by atoms with Crippen LogP contribution < -0.4 is 10.7 Å². The van der Waals surface area contributed by atoms with E-state index in [9.17, 15) is 9.59 Å². The molecule has 5 nitrogen and oxygen atoms in total. The van der Waals surface area contributed by atoms with Crippen molar-refractivity contribution in [2.75, 3.05) is 24.7 Å². The Hall–Kier alpha value is -2.73. The van der Waals surface area contributed by atoms with Crippen molar-refractivity contribution in [3.63, 3.8) is 0 Å². The van der Waals surface area contributed by atoms with Gasteiger partial charge in [-0.25, -0.2) is 4.79 Å². The van der Waals surface area contributed by atoms with Crippen molar-refractivity contribution >= 4 is 34.4 Å². The predicted molar refractivity (Wildman–Crippen MR) is 118 cm³/mol. The van der Waals surface area contributed by atoms with E-state index in [1.807, 2.05) is 39.0 Å². The van der Waals surface area contributed by atoms with Crippen molar-refractivity contribution in [3.8, 4) is 0 Å². The summed E-state index contributed by atoms with van der Waals surface area (Å²) in [6.07, 6.45) is 0.649. The highest BCUT2D eigenvalue weighted by Gasteiger charge is 2.15. The van der Waals surface area contributed by atoms with Crippen LogP contribution in [0.15, 0.2) is 50.7 Å². The second-order valence-corrected chi connectivity index (χ2v) is 8.03. The first-order valence-corrected chi connectivity index (χ1v) is 10.6. The molecule has 1 heterocycles. The van der Waals surface area contributed by atoms with Gasteiger partial charge >= 0.3 is 5.97 Å². The van der Waals surface area contributed by atoms with E-state index in [0.717, 1.165) is 22.6 Å². The minimum Gasteiger partial charge on any atom is -0.465 e. The van der Waals surface area contributed by atoms with Gasteiger partial charge in [-0.3, -0.25) is 4.79 Å². The first-order chi connectivity index (χ1) is 14.0. The predicted octanol–water partition coefficient (Wildman–Crippen LogP) is 4.96. The number of fused-ring (bicyclic) bond motifs is 1. The molecule has 152 valence electrons. The highest BCUT2D eigenvalue weighted by Crippen LogP contribution is 2.28. The van der Waals surface area contributed by atoms with Crippen LogP contribution in [0.25, 0.3) is 11.0 Å². The third kappa shape index (κ3) is 4.48. The largest absolute Gasteiger partial charge is 0.465 e. The van der Waals surface area contributed by atoms with E-state index in [0.29, 0.717) is 40.2 Å². The second-order valence-electron chi connectivity index (χ2n) is 6.79. The van der Waals surface area contributed by atoms with Crippen molar-refractivity contribution in [2.45, 2.75) is 32.3 Å². The van der Waals surface area contributed by atoms with Crippen molar-refractivity contribution in [1.82, 2.24) is 0 Å². The third-order valence-electron chi connectivity index (χ3n) is 4.71. The Kier molecular flexibility index (Phi) is 6.64. The molecule has 0 saturated heterocycles. The summed E-state index contributed by atoms with van der Waals surface area (Å²) >= 11 is 1.54. The normalized spacial score (nSPS) is 10.9. The summed E-state index contributed by atoms with van der Waals surface area (Å²) < 4.78 is 11.0. The van der Waals surface area contributed by atoms with Gasteiger partial charge in [0.2, 0.25) is 0 Å². The van der Waals surface area contributed by atoms with Gasteiger partial charge < -0.3 is 14.5 Å². The Balaban J connectivity index is 1.91. The van der Waals surface area contributed by atoms with E-state index in [1.165, 1.54) is 18.9 Å². The molecule has 2 aromatic carbocycles. The summed E-state index contributed by atoms with van der Waals surface area (Å²) in [4.78, 5) is 24.8. The van der Waals surface area contributed by atoms with Gasteiger partial charge in [0, 0.05) is 17.8 Å². The molecule has 0 aliphatic heterocycles. The van der Waals surface area contributed by atoms with Crippen molar-refractivity contribution in [2.24, 2.45) is 0 Å². The molecule has 0 amide bonds. The average molecular weight is 412 g/mol. The Morgan fingerprint density at radius 3 is 2.69 bits per heavy atom. The molecule has 0 aliphatic carbocycles. The van der Waals surface area contributed by atoms with Crippen LogP contribution in [0.3, 0.4) is 0 Å². The number of methoxy groups -OCH3 is 1. The summed E-state index contributed by atoms with van der Waals surface area (Å²) in [7, 11) is 1.37. The maximum absolute atomic E-state index is 12.8. The molecule has 1 N–H and O–H groups in total. The monoisotopic (exact) mass is 411 g/mol. The van der Waals surface area contributed by atoms with Crippen LogP contribution in [0.2, 0.25) is 0 Å². The molecule has 1 aromatic heterocycles. The number of aryl methyl sites for hydroxylation is 1. The molecular weight excluding hydrogens is 386 g/mol. The second kappa shape index (κ2) is 9.18. The van der Waals surface area contributed by atoms with Crippen LogP contribution in [0, 0.1) is 13.8 Å². The average Bonchev–Trinajstić information content (AvgIpc) is 2.72. The number of carbonyl (C=O) groups is 1. The fourth-order valence-corrected chi connectivity index (χ4v) is 4.03. The number of thioether (sulfide) groups is 1. The van der Waals surface area contributed by atoms with Gasteiger partial charge in [0.05, 0.1) is 18.1 Å². The summed E-state index contributed by atoms with van der Waals surface area (Å²) in [5.41, 5.74) is 4.53. The van der Waals surface area contributed by atoms with Crippen LogP contribution in [-0.2, 0) is 11.2 Å². The molecule has 0 unspecified atom stereocenters. The molecule has 0 fully saturated rings. The molecule has 0 aliphatic rings. The smallest absolute Gasteiger partial charge is 0.339 e. The lowest BCUT2D eigenvalue weighted by atomic mass is 10.0. The van der Waals surface area contributed by atoms with E-state index < -0.39 is 0 Å². The third-order valence-corrected chi connectivity index (χ3v) is 5.65. The van der Waals surface area contributed by atoms with E-state index in [2.05, 4.69) is 11.4 Å². The minimum absolute atomic E-state index is 0.0242. The molecule has 6 heteroatoms. The number of hydrogen-bond donors (Lipinski definition) is 1. The fourth-order valence-electron chi connectivity index (χ4n) is 3.31. The van der Waals surface area contributed by atoms with E-state index in [4.69, 9.17) is 9.15 Å². The van der Waals surface area contributed by atoms with Crippen LogP contribution in [-0.4, -0.2) is 25.4 Å². The first-order valence-electron chi connectivity index (χ1n) is 9.57. The van der Waals surface area contributed by atoms with Gasteiger partial charge in [0.15, 0.2) is 10.5 Å². The van der Waals surface area contributed by atoms with Gasteiger partial charge in [-0.05, 0) is 55.3 Å². The molecule has 0 spiro atoms. The minimum atomic E-state index is -0.378. The van der Waals surface area contributed by atoms with Gasteiger partial charge in [0.1, 0.15) is 5.58 Å². The lowest BCUT2D eigenvalue weighted by Gasteiger charge is -2.13. The maximum atomic E-state index is 12.8. The van der Waals surface area contributed by atoms with Crippen molar-refractivity contribution < 1.29 is 13.9 Å².